The minimum atomic E-state index is -0.229. The maximum absolute atomic E-state index is 12.4. The number of ketones is 1. The number of halogens is 1. The second-order valence-electron chi connectivity index (χ2n) is 9.71. The first-order valence-electron chi connectivity index (χ1n) is 10.1. The fourth-order valence-electron chi connectivity index (χ4n) is 7.65. The van der Waals surface area contributed by atoms with Gasteiger partial charge in [-0.25, -0.2) is 0 Å². The van der Waals surface area contributed by atoms with E-state index in [1.165, 1.54) is 51.4 Å². The van der Waals surface area contributed by atoms with E-state index in [0.717, 1.165) is 41.9 Å². The van der Waals surface area contributed by atoms with Gasteiger partial charge >= 0.3 is 0 Å². The van der Waals surface area contributed by atoms with Crippen molar-refractivity contribution in [3.8, 4) is 0 Å². The summed E-state index contributed by atoms with van der Waals surface area (Å²) in [6, 6.07) is 0. The highest BCUT2D eigenvalue weighted by atomic mass is 79.9. The van der Waals surface area contributed by atoms with Gasteiger partial charge in [0.2, 0.25) is 0 Å². The summed E-state index contributed by atoms with van der Waals surface area (Å²) >= 11 is 3.95. The summed E-state index contributed by atoms with van der Waals surface area (Å²) in [5.41, 5.74) is 0.203. The number of rotatable bonds is 1. The van der Waals surface area contributed by atoms with Gasteiger partial charge in [0.25, 0.3) is 0 Å². The van der Waals surface area contributed by atoms with Crippen molar-refractivity contribution in [2.45, 2.75) is 82.9 Å². The minimum absolute atomic E-state index is 0.203. The van der Waals surface area contributed by atoms with Crippen molar-refractivity contribution in [3.05, 3.63) is 0 Å². The van der Waals surface area contributed by atoms with Crippen LogP contribution in [0.3, 0.4) is 0 Å². The van der Waals surface area contributed by atoms with Crippen molar-refractivity contribution in [2.24, 2.45) is 40.9 Å². The Morgan fingerprint density at radius 3 is 2.43 bits per heavy atom. The highest BCUT2D eigenvalue weighted by Crippen LogP contribution is 2.67. The van der Waals surface area contributed by atoms with E-state index in [1.807, 2.05) is 6.92 Å². The summed E-state index contributed by atoms with van der Waals surface area (Å²) < 4.78 is -0.229. The summed E-state index contributed by atoms with van der Waals surface area (Å²) in [5.74, 6) is 6.03. The van der Waals surface area contributed by atoms with Crippen molar-refractivity contribution in [2.75, 3.05) is 0 Å². The van der Waals surface area contributed by atoms with Gasteiger partial charge in [-0.15, -0.1) is 0 Å². The van der Waals surface area contributed by atoms with Crippen LogP contribution >= 0.6 is 15.9 Å². The molecule has 0 saturated heterocycles. The summed E-state index contributed by atoms with van der Waals surface area (Å²) in [5, 5.41) is 0. The zero-order chi connectivity index (χ0) is 16.4. The highest BCUT2D eigenvalue weighted by molar-refractivity contribution is 9.10. The molecule has 0 aromatic heterocycles. The lowest BCUT2D eigenvalue weighted by Crippen LogP contribution is -2.53. The van der Waals surface area contributed by atoms with Gasteiger partial charge in [0.05, 0.1) is 4.32 Å². The molecule has 23 heavy (non-hydrogen) atoms. The third-order valence-electron chi connectivity index (χ3n) is 8.87. The number of carbonyl (C=O) groups excluding carboxylic acids is 1. The molecule has 0 radical (unpaired) electrons. The summed E-state index contributed by atoms with van der Waals surface area (Å²) in [4.78, 5) is 12.4. The van der Waals surface area contributed by atoms with Gasteiger partial charge in [0.15, 0.2) is 0 Å². The third-order valence-corrected chi connectivity index (χ3v) is 10.7. The molecule has 0 bridgehead atoms. The third kappa shape index (κ3) is 2.26. The van der Waals surface area contributed by atoms with Crippen LogP contribution < -0.4 is 0 Å². The van der Waals surface area contributed by atoms with Gasteiger partial charge in [-0.3, -0.25) is 4.79 Å². The Morgan fingerprint density at radius 2 is 1.70 bits per heavy atom. The Labute approximate surface area is 150 Å². The molecule has 0 heterocycles. The van der Waals surface area contributed by atoms with Crippen LogP contribution in [0, 0.1) is 40.9 Å². The van der Waals surface area contributed by atoms with Crippen molar-refractivity contribution < 1.29 is 4.79 Å². The number of hydrogen-bond donors (Lipinski definition) is 0. The largest absolute Gasteiger partial charge is 0.298 e. The first kappa shape index (κ1) is 16.6. The van der Waals surface area contributed by atoms with Crippen LogP contribution in [0.15, 0.2) is 0 Å². The highest BCUT2D eigenvalue weighted by Gasteiger charge is 2.63. The van der Waals surface area contributed by atoms with Crippen molar-refractivity contribution in [3.63, 3.8) is 0 Å². The average Bonchev–Trinajstić information content (AvgIpc) is 2.80. The van der Waals surface area contributed by atoms with Crippen LogP contribution in [0.4, 0.5) is 0 Å². The fourth-order valence-corrected chi connectivity index (χ4v) is 8.37. The Balaban J connectivity index is 1.60. The van der Waals surface area contributed by atoms with E-state index in [9.17, 15) is 4.79 Å². The van der Waals surface area contributed by atoms with Crippen LogP contribution in [-0.2, 0) is 4.79 Å². The topological polar surface area (TPSA) is 17.1 Å². The molecule has 4 rings (SSSR count). The zero-order valence-corrected chi connectivity index (χ0v) is 16.7. The SMILES string of the molecule is CC(=O)C1(Br)CCC2[C@@H]3CCC4CC(C)CCC4C3CCC21C. The predicted molar refractivity (Wildman–Crippen MR) is 98.6 cm³/mol. The van der Waals surface area contributed by atoms with Crippen LogP contribution in [0.1, 0.15) is 78.6 Å². The van der Waals surface area contributed by atoms with E-state index >= 15 is 0 Å². The number of hydrogen-bond acceptors (Lipinski definition) is 1. The van der Waals surface area contributed by atoms with Gasteiger partial charge in [-0.2, -0.15) is 0 Å². The van der Waals surface area contributed by atoms with Gasteiger partial charge in [-0.1, -0.05) is 36.2 Å². The lowest BCUT2D eigenvalue weighted by atomic mass is 9.49. The minimum Gasteiger partial charge on any atom is -0.298 e. The molecule has 130 valence electrons. The van der Waals surface area contributed by atoms with E-state index in [0.29, 0.717) is 5.78 Å². The van der Waals surface area contributed by atoms with E-state index in [2.05, 4.69) is 29.8 Å². The Hall–Kier alpha value is 0.150. The van der Waals surface area contributed by atoms with Gasteiger partial charge in [0.1, 0.15) is 5.78 Å². The van der Waals surface area contributed by atoms with E-state index in [4.69, 9.17) is 0 Å². The first-order valence-corrected chi connectivity index (χ1v) is 10.9. The van der Waals surface area contributed by atoms with Gasteiger partial charge in [-0.05, 0) is 99.2 Å². The quantitative estimate of drug-likeness (QED) is 0.509. The number of alkyl halides is 1. The molecular formula is C21H33BrO. The number of Topliss-reactive ketones (excluding diaryl/α,β-unsaturated/α-hetero) is 1. The van der Waals surface area contributed by atoms with Gasteiger partial charge < -0.3 is 0 Å². The summed E-state index contributed by atoms with van der Waals surface area (Å²) in [6.45, 7) is 6.71. The molecule has 4 fully saturated rings. The van der Waals surface area contributed by atoms with E-state index in [1.54, 1.807) is 0 Å². The van der Waals surface area contributed by atoms with Gasteiger partial charge in [0, 0.05) is 0 Å². The maximum atomic E-state index is 12.4. The van der Waals surface area contributed by atoms with Crippen LogP contribution in [0.25, 0.3) is 0 Å². The molecular weight excluding hydrogens is 348 g/mol. The smallest absolute Gasteiger partial charge is 0.147 e. The second kappa shape index (κ2) is 5.58. The maximum Gasteiger partial charge on any atom is 0.147 e. The van der Waals surface area contributed by atoms with Crippen molar-refractivity contribution in [1.82, 2.24) is 0 Å². The molecule has 0 N–H and O–H groups in total. The second-order valence-corrected chi connectivity index (χ2v) is 11.1. The summed E-state index contributed by atoms with van der Waals surface area (Å²) in [7, 11) is 0. The lowest BCUT2D eigenvalue weighted by Gasteiger charge is -2.57. The molecule has 0 spiro atoms. The van der Waals surface area contributed by atoms with E-state index < -0.39 is 0 Å². The predicted octanol–water partition coefficient (Wildman–Crippen LogP) is 6.00. The number of carbonyl (C=O) groups is 1. The lowest BCUT2D eigenvalue weighted by molar-refractivity contribution is -0.125. The molecule has 0 amide bonds. The molecule has 2 heteroatoms. The monoisotopic (exact) mass is 380 g/mol. The van der Waals surface area contributed by atoms with Crippen LogP contribution in [0.2, 0.25) is 0 Å². The average molecular weight is 381 g/mol. The standard InChI is InChI=1S/C21H33BrO/c1-13-4-6-16-15(12-13)5-7-18-17(16)8-10-20(3)19(18)9-11-21(20,22)14(2)23/h13,15-19H,4-12H2,1-3H3/t13?,15?,16?,17?,18-,19?,20?,21?/m1/s1. The molecule has 0 aromatic rings. The normalized spacial score (nSPS) is 55.7. The zero-order valence-electron chi connectivity index (χ0n) is 15.1. The molecule has 0 aliphatic heterocycles. The van der Waals surface area contributed by atoms with Crippen molar-refractivity contribution in [1.29, 1.82) is 0 Å². The van der Waals surface area contributed by atoms with Crippen LogP contribution in [0.5, 0.6) is 0 Å². The fraction of sp³-hybridized carbons (Fsp3) is 0.952. The molecule has 1 nitrogen and oxygen atoms in total. The Bertz CT molecular complexity index is 502. The van der Waals surface area contributed by atoms with Crippen LogP contribution in [-0.4, -0.2) is 10.1 Å². The Kier molecular flexibility index (Phi) is 4.03. The number of fused-ring (bicyclic) bond motifs is 5. The molecule has 0 aromatic carbocycles. The molecule has 4 saturated carbocycles. The molecule has 7 unspecified atom stereocenters. The Morgan fingerprint density at radius 1 is 0.957 bits per heavy atom. The molecule has 4 aliphatic carbocycles. The van der Waals surface area contributed by atoms with Crippen molar-refractivity contribution >= 4 is 21.7 Å². The molecule has 4 aliphatic rings. The first-order chi connectivity index (χ1) is 10.9. The van der Waals surface area contributed by atoms with E-state index in [-0.39, 0.29) is 9.74 Å². The molecule has 8 atom stereocenters. The summed E-state index contributed by atoms with van der Waals surface area (Å²) in [6.07, 6.45) is 12.3.